The number of hydrogen-bond donors (Lipinski definition) is 2. The molecule has 25 heavy (non-hydrogen) atoms. The lowest BCUT2D eigenvalue weighted by Crippen LogP contribution is -2.40. The fourth-order valence-electron chi connectivity index (χ4n) is 2.47. The molecule has 8 heteroatoms. The Kier molecular flexibility index (Phi) is 5.08. The monoisotopic (exact) mass is 362 g/mol. The van der Waals surface area contributed by atoms with E-state index in [1.54, 1.807) is 28.6 Å². The minimum absolute atomic E-state index is 0.0819. The van der Waals surface area contributed by atoms with E-state index in [0.717, 1.165) is 23.4 Å². The third kappa shape index (κ3) is 3.68. The molecule has 1 aromatic carbocycles. The molecular formula is C17H19FN4O2S. The molecule has 0 saturated heterocycles. The zero-order valence-corrected chi connectivity index (χ0v) is 14.8. The number of carbonyl (C=O) groups is 2. The Balaban J connectivity index is 1.89. The minimum Gasteiger partial charge on any atom is -0.345 e. The quantitative estimate of drug-likeness (QED) is 0.820. The van der Waals surface area contributed by atoms with Gasteiger partial charge in [-0.15, -0.1) is 0 Å². The number of hydrogen-bond acceptors (Lipinski definition) is 4. The van der Waals surface area contributed by atoms with Gasteiger partial charge in [-0.05, 0) is 37.6 Å². The van der Waals surface area contributed by atoms with Crippen LogP contribution in [0.1, 0.15) is 31.5 Å². The van der Waals surface area contributed by atoms with E-state index in [0.29, 0.717) is 17.3 Å². The number of thioether (sulfide) groups is 1. The maximum Gasteiger partial charge on any atom is 0.314 e. The fraction of sp³-hybridized carbons (Fsp3) is 0.353. The van der Waals surface area contributed by atoms with Gasteiger partial charge in [0, 0.05) is 23.1 Å². The second kappa shape index (κ2) is 7.26. The van der Waals surface area contributed by atoms with E-state index in [2.05, 4.69) is 15.7 Å². The molecule has 6 nitrogen and oxygen atoms in total. The van der Waals surface area contributed by atoms with E-state index in [9.17, 15) is 14.0 Å². The van der Waals surface area contributed by atoms with E-state index < -0.39 is 11.8 Å². The van der Waals surface area contributed by atoms with Crippen molar-refractivity contribution in [3.8, 4) is 5.69 Å². The van der Waals surface area contributed by atoms with Gasteiger partial charge in [0.1, 0.15) is 11.6 Å². The van der Waals surface area contributed by atoms with Gasteiger partial charge < -0.3 is 10.6 Å². The van der Waals surface area contributed by atoms with Gasteiger partial charge in [0.2, 0.25) is 0 Å². The van der Waals surface area contributed by atoms with Crippen molar-refractivity contribution < 1.29 is 14.0 Å². The van der Waals surface area contributed by atoms with Crippen LogP contribution < -0.4 is 10.6 Å². The molecule has 1 aromatic heterocycles. The summed E-state index contributed by atoms with van der Waals surface area (Å²) in [5.74, 6) is 0.155. The molecule has 0 unspecified atom stereocenters. The van der Waals surface area contributed by atoms with Crippen LogP contribution in [0, 0.1) is 5.82 Å². The Hall–Kier alpha value is -2.35. The lowest BCUT2D eigenvalue weighted by Gasteiger charge is -2.13. The Labute approximate surface area is 149 Å². The summed E-state index contributed by atoms with van der Waals surface area (Å²) in [5.41, 5.74) is 2.39. The summed E-state index contributed by atoms with van der Waals surface area (Å²) in [4.78, 5) is 24.3. The molecule has 1 aliphatic heterocycles. The normalized spacial score (nSPS) is 14.0. The summed E-state index contributed by atoms with van der Waals surface area (Å²) in [7, 11) is 0. The van der Waals surface area contributed by atoms with Crippen LogP contribution in [0.3, 0.4) is 0 Å². The topological polar surface area (TPSA) is 76.0 Å². The number of fused-ring (bicyclic) bond motifs is 1. The molecule has 0 bridgehead atoms. The number of nitrogens with zero attached hydrogens (tertiary/aromatic N) is 2. The second-order valence-electron chi connectivity index (χ2n) is 5.89. The Morgan fingerprint density at radius 1 is 1.28 bits per heavy atom. The highest BCUT2D eigenvalue weighted by Crippen LogP contribution is 2.36. The van der Waals surface area contributed by atoms with Crippen molar-refractivity contribution in [1.82, 2.24) is 15.1 Å². The van der Waals surface area contributed by atoms with Crippen molar-refractivity contribution in [3.63, 3.8) is 0 Å². The van der Waals surface area contributed by atoms with Gasteiger partial charge in [-0.25, -0.2) is 9.07 Å². The van der Waals surface area contributed by atoms with Crippen LogP contribution in [0.2, 0.25) is 0 Å². The first-order valence-corrected chi connectivity index (χ1v) is 9.21. The number of carbonyl (C=O) groups excluding carboxylic acids is 2. The fourth-order valence-corrected chi connectivity index (χ4v) is 3.50. The van der Waals surface area contributed by atoms with Crippen molar-refractivity contribution in [2.75, 3.05) is 5.32 Å². The maximum absolute atomic E-state index is 13.2. The highest BCUT2D eigenvalue weighted by molar-refractivity contribution is 7.98. The average molecular weight is 362 g/mol. The van der Waals surface area contributed by atoms with Crippen molar-refractivity contribution in [2.45, 2.75) is 37.8 Å². The van der Waals surface area contributed by atoms with E-state index in [1.165, 1.54) is 12.1 Å². The first-order valence-electron chi connectivity index (χ1n) is 8.06. The zero-order chi connectivity index (χ0) is 18.0. The molecular weight excluding hydrogens is 343 g/mol. The summed E-state index contributed by atoms with van der Waals surface area (Å²) >= 11 is 1.69. The van der Waals surface area contributed by atoms with Crippen LogP contribution in [0.15, 0.2) is 24.3 Å². The number of amides is 2. The van der Waals surface area contributed by atoms with Gasteiger partial charge in [-0.1, -0.05) is 6.92 Å². The highest BCUT2D eigenvalue weighted by Gasteiger charge is 2.26. The van der Waals surface area contributed by atoms with E-state index in [4.69, 9.17) is 0 Å². The van der Waals surface area contributed by atoms with E-state index in [1.807, 2.05) is 13.8 Å². The standard InChI is InChI=1S/C17H19FN4O2S/c1-3-10(2)19-16(23)17(24)20-15-13-8-25-9-14(13)21-22(15)12-6-4-11(18)5-7-12/h4-7,10H,3,8-9H2,1-2H3,(H,19,23)(H,20,24)/t10-/m0/s1. The Morgan fingerprint density at radius 2 is 2.00 bits per heavy atom. The molecule has 2 N–H and O–H groups in total. The number of rotatable bonds is 4. The van der Waals surface area contributed by atoms with Crippen LogP contribution in [0.5, 0.6) is 0 Å². The Bertz CT molecular complexity index is 804. The molecule has 2 amide bonds. The molecule has 132 valence electrons. The zero-order valence-electron chi connectivity index (χ0n) is 14.0. The van der Waals surface area contributed by atoms with Gasteiger partial charge >= 0.3 is 11.8 Å². The molecule has 0 spiro atoms. The molecule has 0 aliphatic carbocycles. The van der Waals surface area contributed by atoms with Gasteiger partial charge in [-0.3, -0.25) is 9.59 Å². The number of benzene rings is 1. The summed E-state index contributed by atoms with van der Waals surface area (Å²) in [6.45, 7) is 3.76. The van der Waals surface area contributed by atoms with Crippen LogP contribution >= 0.6 is 11.8 Å². The predicted octanol–water partition coefficient (Wildman–Crippen LogP) is 2.61. The molecule has 0 fully saturated rings. The summed E-state index contributed by atoms with van der Waals surface area (Å²) in [6, 6.07) is 5.75. The highest BCUT2D eigenvalue weighted by atomic mass is 32.2. The largest absolute Gasteiger partial charge is 0.345 e. The second-order valence-corrected chi connectivity index (χ2v) is 6.88. The Morgan fingerprint density at radius 3 is 2.68 bits per heavy atom. The van der Waals surface area contributed by atoms with E-state index >= 15 is 0 Å². The molecule has 0 radical (unpaired) electrons. The average Bonchev–Trinajstić information content (AvgIpc) is 3.18. The third-order valence-electron chi connectivity index (χ3n) is 4.05. The SMILES string of the molecule is CC[C@H](C)NC(=O)C(=O)Nc1c2c(nn1-c1ccc(F)cc1)CSC2. The summed E-state index contributed by atoms with van der Waals surface area (Å²) in [5, 5.41) is 9.82. The van der Waals surface area contributed by atoms with Crippen molar-refractivity contribution in [2.24, 2.45) is 0 Å². The van der Waals surface area contributed by atoms with Crippen molar-refractivity contribution >= 4 is 29.4 Å². The van der Waals surface area contributed by atoms with Gasteiger partial charge in [0.25, 0.3) is 0 Å². The number of aromatic nitrogens is 2. The molecule has 1 aliphatic rings. The summed E-state index contributed by atoms with van der Waals surface area (Å²) in [6.07, 6.45) is 0.735. The molecule has 1 atom stereocenters. The van der Waals surface area contributed by atoms with Gasteiger partial charge in [0.15, 0.2) is 0 Å². The van der Waals surface area contributed by atoms with Crippen LogP contribution in [0.4, 0.5) is 10.2 Å². The molecule has 0 saturated carbocycles. The van der Waals surface area contributed by atoms with Gasteiger partial charge in [-0.2, -0.15) is 16.9 Å². The van der Waals surface area contributed by atoms with Crippen molar-refractivity contribution in [3.05, 3.63) is 41.3 Å². The lowest BCUT2D eigenvalue weighted by atomic mass is 10.2. The number of nitrogens with one attached hydrogen (secondary N) is 2. The molecule has 2 heterocycles. The van der Waals surface area contributed by atoms with Crippen LogP contribution in [-0.4, -0.2) is 27.6 Å². The van der Waals surface area contributed by atoms with Crippen LogP contribution in [0.25, 0.3) is 5.69 Å². The smallest absolute Gasteiger partial charge is 0.314 e. The van der Waals surface area contributed by atoms with Gasteiger partial charge in [0.05, 0.1) is 11.4 Å². The third-order valence-corrected chi connectivity index (χ3v) is 5.02. The predicted molar refractivity (Wildman–Crippen MR) is 95.0 cm³/mol. The molecule has 3 rings (SSSR count). The molecule has 2 aromatic rings. The number of halogens is 1. The van der Waals surface area contributed by atoms with Crippen molar-refractivity contribution in [1.29, 1.82) is 0 Å². The minimum atomic E-state index is -0.733. The first-order chi connectivity index (χ1) is 12.0. The van der Waals surface area contributed by atoms with Crippen LogP contribution in [-0.2, 0) is 21.1 Å². The lowest BCUT2D eigenvalue weighted by molar-refractivity contribution is -0.136. The first kappa shape index (κ1) is 17.5. The maximum atomic E-state index is 13.2. The summed E-state index contributed by atoms with van der Waals surface area (Å²) < 4.78 is 14.7. The number of anilines is 1. The van der Waals surface area contributed by atoms with E-state index in [-0.39, 0.29) is 11.9 Å².